The summed E-state index contributed by atoms with van der Waals surface area (Å²) < 4.78 is 5.73. The molecule has 2 rings (SSSR count). The van der Waals surface area contributed by atoms with Gasteiger partial charge in [-0.3, -0.25) is 9.59 Å². The zero-order valence-corrected chi connectivity index (χ0v) is 17.5. The molecule has 2 amide bonds. The number of benzene rings is 2. The lowest BCUT2D eigenvalue weighted by atomic mass is 10.1. The van der Waals surface area contributed by atoms with Crippen molar-refractivity contribution in [1.82, 2.24) is 5.32 Å². The Balaban J connectivity index is 1.80. The van der Waals surface area contributed by atoms with Crippen LogP contribution in [0.3, 0.4) is 0 Å². The van der Waals surface area contributed by atoms with E-state index in [4.69, 9.17) is 4.74 Å². The number of rotatable bonds is 12. The predicted octanol–water partition coefficient (Wildman–Crippen LogP) is 5.43. The maximum absolute atomic E-state index is 12.4. The Hall–Kier alpha value is -2.82. The summed E-state index contributed by atoms with van der Waals surface area (Å²) in [5.41, 5.74) is 1.78. The highest BCUT2D eigenvalue weighted by Gasteiger charge is 2.08. The monoisotopic (exact) mass is 396 g/mol. The Morgan fingerprint density at radius 2 is 1.38 bits per heavy atom. The normalized spacial score (nSPS) is 10.4. The van der Waals surface area contributed by atoms with Crippen LogP contribution in [0.2, 0.25) is 0 Å². The molecule has 0 aromatic heterocycles. The van der Waals surface area contributed by atoms with Crippen LogP contribution in [0.25, 0.3) is 0 Å². The third kappa shape index (κ3) is 7.98. The molecule has 0 saturated carbocycles. The number of hydrogen-bond acceptors (Lipinski definition) is 3. The molecule has 0 unspecified atom stereocenters. The van der Waals surface area contributed by atoms with E-state index in [2.05, 4.69) is 17.6 Å². The first-order valence-corrected chi connectivity index (χ1v) is 10.6. The number of carbonyl (C=O) groups excluding carboxylic acids is 2. The minimum atomic E-state index is -0.195. The van der Waals surface area contributed by atoms with Gasteiger partial charge in [0.05, 0.1) is 6.61 Å². The molecule has 5 nitrogen and oxygen atoms in total. The Kier molecular flexibility index (Phi) is 9.76. The average Bonchev–Trinajstić information content (AvgIpc) is 2.75. The number of hydrogen-bond donors (Lipinski definition) is 2. The fourth-order valence-corrected chi connectivity index (χ4v) is 2.85. The van der Waals surface area contributed by atoms with Crippen molar-refractivity contribution in [3.05, 3.63) is 59.7 Å². The van der Waals surface area contributed by atoms with Gasteiger partial charge in [-0.15, -0.1) is 0 Å². The van der Waals surface area contributed by atoms with Gasteiger partial charge in [-0.2, -0.15) is 0 Å². The minimum Gasteiger partial charge on any atom is -0.494 e. The molecule has 29 heavy (non-hydrogen) atoms. The lowest BCUT2D eigenvalue weighted by molar-refractivity contribution is 0.0953. The summed E-state index contributed by atoms with van der Waals surface area (Å²) in [7, 11) is 0. The van der Waals surface area contributed by atoms with E-state index in [0.29, 0.717) is 30.0 Å². The van der Waals surface area contributed by atoms with Crippen molar-refractivity contribution >= 4 is 17.5 Å². The lowest BCUT2D eigenvalue weighted by Gasteiger charge is -2.09. The molecule has 0 aliphatic rings. The third-order valence-corrected chi connectivity index (χ3v) is 4.57. The van der Waals surface area contributed by atoms with E-state index in [1.54, 1.807) is 36.4 Å². The molecule has 2 N–H and O–H groups in total. The molecule has 0 spiro atoms. The van der Waals surface area contributed by atoms with Crippen LogP contribution in [0, 0.1) is 0 Å². The lowest BCUT2D eigenvalue weighted by Crippen LogP contribution is -2.23. The Bertz CT molecular complexity index is 755. The third-order valence-electron chi connectivity index (χ3n) is 4.57. The van der Waals surface area contributed by atoms with Crippen LogP contribution in [0.15, 0.2) is 48.5 Å². The number of nitrogens with one attached hydrogen (secondary N) is 2. The van der Waals surface area contributed by atoms with Crippen LogP contribution in [0.4, 0.5) is 5.69 Å². The molecule has 2 aromatic rings. The Morgan fingerprint density at radius 1 is 0.759 bits per heavy atom. The average molecular weight is 397 g/mol. The van der Waals surface area contributed by atoms with Crippen molar-refractivity contribution in [3.63, 3.8) is 0 Å². The zero-order chi connectivity index (χ0) is 20.9. The summed E-state index contributed by atoms with van der Waals surface area (Å²) in [4.78, 5) is 24.3. The largest absolute Gasteiger partial charge is 0.494 e. The molecule has 2 aromatic carbocycles. The van der Waals surface area contributed by atoms with Crippen LogP contribution in [-0.2, 0) is 0 Å². The summed E-state index contributed by atoms with van der Waals surface area (Å²) >= 11 is 0. The van der Waals surface area contributed by atoms with Crippen LogP contribution in [-0.4, -0.2) is 25.0 Å². The standard InChI is InChI=1S/C24H32N2O3/c1-3-5-6-7-8-18-29-22-15-11-20(12-16-22)24(28)26-21-13-9-19(10-14-21)23(27)25-17-4-2/h9-16H,3-8,17-18H2,1-2H3,(H,25,27)(H,26,28). The molecular formula is C24H32N2O3. The van der Waals surface area contributed by atoms with E-state index < -0.39 is 0 Å². The fraction of sp³-hybridized carbons (Fsp3) is 0.417. The van der Waals surface area contributed by atoms with Crippen LogP contribution < -0.4 is 15.4 Å². The molecule has 0 heterocycles. The number of unbranched alkanes of at least 4 members (excludes halogenated alkanes) is 4. The smallest absolute Gasteiger partial charge is 0.255 e. The van der Waals surface area contributed by atoms with Gasteiger partial charge in [0.15, 0.2) is 0 Å². The van der Waals surface area contributed by atoms with Gasteiger partial charge in [0.25, 0.3) is 11.8 Å². The second kappa shape index (κ2) is 12.6. The van der Waals surface area contributed by atoms with Gasteiger partial charge in [0.1, 0.15) is 5.75 Å². The zero-order valence-electron chi connectivity index (χ0n) is 17.5. The molecule has 5 heteroatoms. The van der Waals surface area contributed by atoms with Gasteiger partial charge >= 0.3 is 0 Å². The molecule has 156 valence electrons. The van der Waals surface area contributed by atoms with Gasteiger partial charge in [-0.25, -0.2) is 0 Å². The molecule has 0 atom stereocenters. The van der Waals surface area contributed by atoms with Crippen molar-refractivity contribution in [2.45, 2.75) is 52.4 Å². The summed E-state index contributed by atoms with van der Waals surface area (Å²) in [5, 5.41) is 5.68. The maximum Gasteiger partial charge on any atom is 0.255 e. The number of amides is 2. The van der Waals surface area contributed by atoms with Gasteiger partial charge in [-0.05, 0) is 61.4 Å². The first-order chi connectivity index (χ1) is 14.1. The molecule has 0 aliphatic heterocycles. The van der Waals surface area contributed by atoms with Crippen molar-refractivity contribution in [1.29, 1.82) is 0 Å². The second-order valence-electron chi connectivity index (χ2n) is 7.07. The van der Waals surface area contributed by atoms with Crippen LogP contribution in [0.1, 0.15) is 73.1 Å². The molecule has 0 bridgehead atoms. The van der Waals surface area contributed by atoms with E-state index in [0.717, 1.165) is 18.6 Å². The highest BCUT2D eigenvalue weighted by Crippen LogP contribution is 2.16. The van der Waals surface area contributed by atoms with Gasteiger partial charge < -0.3 is 15.4 Å². The van der Waals surface area contributed by atoms with E-state index in [9.17, 15) is 9.59 Å². The van der Waals surface area contributed by atoms with Crippen LogP contribution in [0.5, 0.6) is 5.75 Å². The quantitative estimate of drug-likeness (QED) is 0.470. The van der Waals surface area contributed by atoms with E-state index in [1.165, 1.54) is 25.7 Å². The molecule has 0 radical (unpaired) electrons. The first-order valence-electron chi connectivity index (χ1n) is 10.6. The van der Waals surface area contributed by atoms with E-state index in [1.807, 2.05) is 19.1 Å². The SMILES string of the molecule is CCCCCCCOc1ccc(C(=O)Nc2ccc(C(=O)NCCC)cc2)cc1. The molecular weight excluding hydrogens is 364 g/mol. The Labute approximate surface area is 173 Å². The summed E-state index contributed by atoms with van der Waals surface area (Å²) in [6, 6.07) is 14.0. The van der Waals surface area contributed by atoms with Crippen molar-refractivity contribution in [2.75, 3.05) is 18.5 Å². The topological polar surface area (TPSA) is 67.4 Å². The summed E-state index contributed by atoms with van der Waals surface area (Å²) in [6.45, 7) is 5.56. The maximum atomic E-state index is 12.4. The molecule has 0 saturated heterocycles. The second-order valence-corrected chi connectivity index (χ2v) is 7.07. The number of anilines is 1. The first kappa shape index (κ1) is 22.5. The predicted molar refractivity (Wildman–Crippen MR) is 118 cm³/mol. The van der Waals surface area contributed by atoms with Crippen molar-refractivity contribution in [3.8, 4) is 5.75 Å². The van der Waals surface area contributed by atoms with Crippen molar-refractivity contribution in [2.24, 2.45) is 0 Å². The Morgan fingerprint density at radius 3 is 2.03 bits per heavy atom. The van der Waals surface area contributed by atoms with E-state index in [-0.39, 0.29) is 11.8 Å². The van der Waals surface area contributed by atoms with Gasteiger partial charge in [0, 0.05) is 23.4 Å². The summed E-state index contributed by atoms with van der Waals surface area (Å²) in [5.74, 6) is 0.476. The minimum absolute atomic E-state index is 0.106. The fourth-order valence-electron chi connectivity index (χ4n) is 2.85. The van der Waals surface area contributed by atoms with Gasteiger partial charge in [0.2, 0.25) is 0 Å². The summed E-state index contributed by atoms with van der Waals surface area (Å²) in [6.07, 6.45) is 6.90. The molecule has 0 fully saturated rings. The van der Waals surface area contributed by atoms with E-state index >= 15 is 0 Å². The number of ether oxygens (including phenoxy) is 1. The van der Waals surface area contributed by atoms with Crippen LogP contribution >= 0.6 is 0 Å². The molecule has 0 aliphatic carbocycles. The number of carbonyl (C=O) groups is 2. The highest BCUT2D eigenvalue weighted by atomic mass is 16.5. The van der Waals surface area contributed by atoms with Gasteiger partial charge in [-0.1, -0.05) is 39.5 Å². The highest BCUT2D eigenvalue weighted by molar-refractivity contribution is 6.04. The van der Waals surface area contributed by atoms with Crippen molar-refractivity contribution < 1.29 is 14.3 Å².